The molecule has 8 nitrogen and oxygen atoms in total. The van der Waals surface area contributed by atoms with E-state index in [0.29, 0.717) is 17.4 Å². The summed E-state index contributed by atoms with van der Waals surface area (Å²) in [5, 5.41) is 10.1. The molecule has 1 atom stereocenters. The molecule has 23 heavy (non-hydrogen) atoms. The molecule has 0 unspecified atom stereocenters. The lowest BCUT2D eigenvalue weighted by Gasteiger charge is -2.09. The van der Waals surface area contributed by atoms with Crippen LogP contribution in [0.3, 0.4) is 0 Å². The number of nitrogens with one attached hydrogen (secondary N) is 2. The molecule has 0 spiro atoms. The van der Waals surface area contributed by atoms with Crippen LogP contribution >= 0.6 is 11.8 Å². The first-order valence-electron chi connectivity index (χ1n) is 6.97. The highest BCUT2D eigenvalue weighted by Crippen LogP contribution is 2.18. The number of hydrogen-bond acceptors (Lipinski definition) is 7. The van der Waals surface area contributed by atoms with Gasteiger partial charge in [-0.1, -0.05) is 11.8 Å². The van der Waals surface area contributed by atoms with Gasteiger partial charge < -0.3 is 5.32 Å². The van der Waals surface area contributed by atoms with Crippen molar-refractivity contribution in [1.82, 2.24) is 25.5 Å². The van der Waals surface area contributed by atoms with Crippen molar-refractivity contribution in [2.45, 2.75) is 17.6 Å². The number of thioether (sulfide) groups is 1. The predicted molar refractivity (Wildman–Crippen MR) is 85.5 cm³/mol. The normalized spacial score (nSPS) is 19.6. The second-order valence-electron chi connectivity index (χ2n) is 5.16. The Bertz CT molecular complexity index is 791. The monoisotopic (exact) mass is 353 g/mol. The van der Waals surface area contributed by atoms with Gasteiger partial charge in [-0.15, -0.1) is 5.10 Å². The number of carbonyl (C=O) groups is 1. The van der Waals surface area contributed by atoms with Crippen LogP contribution in [0.25, 0.3) is 11.4 Å². The van der Waals surface area contributed by atoms with Gasteiger partial charge >= 0.3 is 0 Å². The maximum Gasteiger partial charge on any atom is 0.230 e. The van der Waals surface area contributed by atoms with Gasteiger partial charge in [0.2, 0.25) is 11.1 Å². The quantitative estimate of drug-likeness (QED) is 0.740. The van der Waals surface area contributed by atoms with Crippen LogP contribution in [-0.2, 0) is 14.6 Å². The zero-order chi connectivity index (χ0) is 16.3. The number of rotatable bonds is 5. The summed E-state index contributed by atoms with van der Waals surface area (Å²) in [4.78, 5) is 20.1. The van der Waals surface area contributed by atoms with Crippen molar-refractivity contribution in [3.63, 3.8) is 0 Å². The number of sulfone groups is 1. The first-order chi connectivity index (χ1) is 11.0. The molecule has 1 fully saturated rings. The number of pyridine rings is 1. The van der Waals surface area contributed by atoms with E-state index in [2.05, 4.69) is 25.5 Å². The third-order valence-corrected chi connectivity index (χ3v) is 5.96. The molecule has 2 N–H and O–H groups in total. The van der Waals surface area contributed by atoms with Gasteiger partial charge in [0.15, 0.2) is 15.7 Å². The van der Waals surface area contributed by atoms with Gasteiger partial charge in [0, 0.05) is 24.0 Å². The summed E-state index contributed by atoms with van der Waals surface area (Å²) in [6.07, 6.45) is 3.80. The van der Waals surface area contributed by atoms with Crippen molar-refractivity contribution in [2.75, 3.05) is 17.3 Å². The molecule has 0 aromatic carbocycles. The predicted octanol–water partition coefficient (Wildman–Crippen LogP) is 0.262. The lowest BCUT2D eigenvalue weighted by Crippen LogP contribution is -2.36. The Labute approximate surface area is 137 Å². The van der Waals surface area contributed by atoms with Crippen molar-refractivity contribution >= 4 is 27.5 Å². The average molecular weight is 353 g/mol. The number of H-pyrrole nitrogens is 1. The zero-order valence-corrected chi connectivity index (χ0v) is 13.7. The minimum absolute atomic E-state index is 0.0241. The molecule has 0 aliphatic carbocycles. The summed E-state index contributed by atoms with van der Waals surface area (Å²) in [6.45, 7) is 0. The summed E-state index contributed by atoms with van der Waals surface area (Å²) in [7, 11) is -2.99. The van der Waals surface area contributed by atoms with Crippen molar-refractivity contribution in [3.05, 3.63) is 24.5 Å². The van der Waals surface area contributed by atoms with Gasteiger partial charge in [-0.2, -0.15) is 0 Å². The molecule has 3 heterocycles. The summed E-state index contributed by atoms with van der Waals surface area (Å²) in [6, 6.07) is 3.33. The van der Waals surface area contributed by atoms with Crippen molar-refractivity contribution in [3.8, 4) is 11.4 Å². The molecule has 2 aromatic rings. The lowest BCUT2D eigenvalue weighted by molar-refractivity contribution is -0.119. The minimum Gasteiger partial charge on any atom is -0.352 e. The largest absolute Gasteiger partial charge is 0.352 e. The van der Waals surface area contributed by atoms with Crippen LogP contribution in [-0.4, -0.2) is 57.8 Å². The molecule has 1 aliphatic rings. The Balaban J connectivity index is 1.51. The molecule has 2 aromatic heterocycles. The molecule has 0 saturated carbocycles. The number of carbonyl (C=O) groups excluding carboxylic acids is 1. The summed E-state index contributed by atoms with van der Waals surface area (Å²) in [5.74, 6) is 0.700. The highest BCUT2D eigenvalue weighted by molar-refractivity contribution is 7.99. The van der Waals surface area contributed by atoms with Crippen molar-refractivity contribution in [1.29, 1.82) is 0 Å². The molecular formula is C13H15N5O3S2. The molecule has 122 valence electrons. The maximum absolute atomic E-state index is 11.9. The summed E-state index contributed by atoms with van der Waals surface area (Å²) in [5.41, 5.74) is 0.861. The fourth-order valence-electron chi connectivity index (χ4n) is 2.26. The van der Waals surface area contributed by atoms with Crippen LogP contribution in [0.1, 0.15) is 6.42 Å². The third-order valence-electron chi connectivity index (χ3n) is 3.35. The molecule has 0 radical (unpaired) electrons. The molecule has 0 bridgehead atoms. The topological polar surface area (TPSA) is 118 Å². The van der Waals surface area contributed by atoms with Crippen LogP contribution in [0.4, 0.5) is 0 Å². The van der Waals surface area contributed by atoms with E-state index in [0.717, 1.165) is 5.56 Å². The van der Waals surface area contributed by atoms with E-state index < -0.39 is 9.84 Å². The van der Waals surface area contributed by atoms with Crippen LogP contribution in [0.15, 0.2) is 29.7 Å². The van der Waals surface area contributed by atoms with Gasteiger partial charge in [-0.25, -0.2) is 13.4 Å². The Kier molecular flexibility index (Phi) is 4.62. The number of aromatic nitrogens is 4. The lowest BCUT2D eigenvalue weighted by atomic mass is 10.3. The average Bonchev–Trinajstić information content (AvgIpc) is 3.13. The second kappa shape index (κ2) is 6.67. The van der Waals surface area contributed by atoms with Crippen molar-refractivity contribution < 1.29 is 13.2 Å². The van der Waals surface area contributed by atoms with E-state index >= 15 is 0 Å². The van der Waals surface area contributed by atoms with E-state index in [9.17, 15) is 13.2 Å². The standard InChI is InChI=1S/C13H15N5O3S2/c19-11(15-10-3-6-23(20,21)8-10)7-22-13-16-12(17-18-13)9-1-4-14-5-2-9/h1-2,4-5,10H,3,6-8H2,(H,15,19)(H,16,17,18)/t10-/m1/s1. The molecule has 1 saturated heterocycles. The number of nitrogens with zero attached hydrogens (tertiary/aromatic N) is 3. The van der Waals surface area contributed by atoms with Gasteiger partial charge in [-0.05, 0) is 18.6 Å². The Morgan fingerprint density at radius 3 is 2.87 bits per heavy atom. The van der Waals surface area contributed by atoms with E-state index in [1.165, 1.54) is 11.8 Å². The second-order valence-corrected chi connectivity index (χ2v) is 8.33. The zero-order valence-electron chi connectivity index (χ0n) is 12.1. The van der Waals surface area contributed by atoms with Crippen LogP contribution in [0.2, 0.25) is 0 Å². The van der Waals surface area contributed by atoms with Crippen LogP contribution in [0, 0.1) is 0 Å². The first-order valence-corrected chi connectivity index (χ1v) is 9.78. The van der Waals surface area contributed by atoms with Crippen LogP contribution < -0.4 is 5.32 Å². The SMILES string of the molecule is O=C(CSc1n[nH]c(-c2ccncc2)n1)N[C@@H]1CCS(=O)(=O)C1. The Morgan fingerprint density at radius 2 is 2.17 bits per heavy atom. The number of aromatic amines is 1. The van der Waals surface area contributed by atoms with Gasteiger partial charge in [0.25, 0.3) is 0 Å². The van der Waals surface area contributed by atoms with Gasteiger partial charge in [0.05, 0.1) is 17.3 Å². The van der Waals surface area contributed by atoms with Crippen LogP contribution in [0.5, 0.6) is 0 Å². The third kappa shape index (κ3) is 4.29. The maximum atomic E-state index is 11.9. The number of hydrogen-bond donors (Lipinski definition) is 2. The Morgan fingerprint density at radius 1 is 1.39 bits per heavy atom. The molecule has 1 amide bonds. The van der Waals surface area contributed by atoms with E-state index in [-0.39, 0.29) is 29.2 Å². The highest BCUT2D eigenvalue weighted by Gasteiger charge is 2.28. The molecule has 1 aliphatic heterocycles. The van der Waals surface area contributed by atoms with E-state index in [1.807, 2.05) is 12.1 Å². The van der Waals surface area contributed by atoms with E-state index in [1.54, 1.807) is 12.4 Å². The smallest absolute Gasteiger partial charge is 0.230 e. The minimum atomic E-state index is -2.99. The fourth-order valence-corrected chi connectivity index (χ4v) is 4.54. The van der Waals surface area contributed by atoms with Crippen molar-refractivity contribution in [2.24, 2.45) is 0 Å². The van der Waals surface area contributed by atoms with E-state index in [4.69, 9.17) is 0 Å². The Hall–Kier alpha value is -1.94. The summed E-state index contributed by atoms with van der Waals surface area (Å²) < 4.78 is 22.7. The number of amides is 1. The molecule has 10 heteroatoms. The molecular weight excluding hydrogens is 338 g/mol. The first kappa shape index (κ1) is 15.9. The summed E-state index contributed by atoms with van der Waals surface area (Å²) >= 11 is 1.20. The highest BCUT2D eigenvalue weighted by atomic mass is 32.2. The molecule has 3 rings (SSSR count). The fraction of sp³-hybridized carbons (Fsp3) is 0.385. The van der Waals surface area contributed by atoms with Gasteiger partial charge in [-0.3, -0.25) is 14.9 Å². The van der Waals surface area contributed by atoms with Gasteiger partial charge in [0.1, 0.15) is 0 Å².